The molecule has 4 heteroatoms. The Morgan fingerprint density at radius 1 is 1.40 bits per heavy atom. The third-order valence-electron chi connectivity index (χ3n) is 1.84. The van der Waals surface area contributed by atoms with Crippen LogP contribution >= 0.6 is 27.5 Å². The van der Waals surface area contributed by atoms with Gasteiger partial charge in [-0.3, -0.25) is 4.79 Å². The largest absolute Gasteiger partial charge is 0.460 e. The van der Waals surface area contributed by atoms with Gasteiger partial charge >= 0.3 is 5.97 Å². The Labute approximate surface area is 103 Å². The Bertz CT molecular complexity index is 303. The fraction of sp³-hybridized carbons (Fsp3) is 0.364. The molecule has 0 amide bonds. The van der Waals surface area contributed by atoms with Crippen LogP contribution < -0.4 is 0 Å². The highest BCUT2D eigenvalue weighted by atomic mass is 79.9. The fourth-order valence-electron chi connectivity index (χ4n) is 1.03. The molecule has 0 fully saturated rings. The Hall–Kier alpha value is -0.540. The van der Waals surface area contributed by atoms with Gasteiger partial charge in [0.2, 0.25) is 0 Å². The molecule has 0 aliphatic heterocycles. The minimum atomic E-state index is -0.307. The molecule has 1 atom stereocenters. The second-order valence-electron chi connectivity index (χ2n) is 3.04. The van der Waals surface area contributed by atoms with Crippen LogP contribution in [0.5, 0.6) is 0 Å². The molecule has 0 heterocycles. The number of halogens is 2. The standard InChI is InChI=1S/C11H12BrClO2/c12-10(6-7-13)11(14)15-8-9-4-2-1-3-5-9/h1-5,10H,6-8H2. The summed E-state index contributed by atoms with van der Waals surface area (Å²) in [5, 5.41) is 0. The van der Waals surface area contributed by atoms with E-state index in [4.69, 9.17) is 16.3 Å². The maximum absolute atomic E-state index is 11.4. The van der Waals surface area contributed by atoms with Gasteiger partial charge < -0.3 is 4.74 Å². The number of hydrogen-bond donors (Lipinski definition) is 0. The number of alkyl halides is 2. The summed E-state index contributed by atoms with van der Waals surface area (Å²) >= 11 is 8.74. The summed E-state index contributed by atoms with van der Waals surface area (Å²) < 4.78 is 5.10. The Balaban J connectivity index is 2.34. The van der Waals surface area contributed by atoms with Crippen molar-refractivity contribution in [3.05, 3.63) is 35.9 Å². The summed E-state index contributed by atoms with van der Waals surface area (Å²) in [6.07, 6.45) is 0.579. The molecule has 0 radical (unpaired) electrons. The molecule has 0 aliphatic carbocycles. The number of ether oxygens (including phenoxy) is 1. The lowest BCUT2D eigenvalue weighted by Gasteiger charge is -2.08. The van der Waals surface area contributed by atoms with Crippen LogP contribution in [0.1, 0.15) is 12.0 Å². The summed E-state index contributed by atoms with van der Waals surface area (Å²) in [6, 6.07) is 9.57. The lowest BCUT2D eigenvalue weighted by molar-refractivity contribution is -0.144. The van der Waals surface area contributed by atoms with Gasteiger partial charge in [-0.25, -0.2) is 0 Å². The smallest absolute Gasteiger partial charge is 0.320 e. The average molecular weight is 292 g/mol. The molecule has 1 rings (SSSR count). The van der Waals surface area contributed by atoms with Crippen molar-refractivity contribution in [2.75, 3.05) is 5.88 Å². The van der Waals surface area contributed by atoms with Gasteiger partial charge in [0.05, 0.1) is 0 Å². The van der Waals surface area contributed by atoms with Crippen LogP contribution in [0.2, 0.25) is 0 Å². The van der Waals surface area contributed by atoms with E-state index in [0.29, 0.717) is 18.9 Å². The first-order valence-corrected chi connectivity index (χ1v) is 6.09. The van der Waals surface area contributed by atoms with Crippen LogP contribution in [0.3, 0.4) is 0 Å². The summed E-state index contributed by atoms with van der Waals surface area (Å²) in [6.45, 7) is 0.310. The van der Waals surface area contributed by atoms with Crippen molar-refractivity contribution in [3.63, 3.8) is 0 Å². The molecule has 0 spiro atoms. The zero-order chi connectivity index (χ0) is 11.1. The van der Waals surface area contributed by atoms with Gasteiger partial charge in [0.25, 0.3) is 0 Å². The third-order valence-corrected chi connectivity index (χ3v) is 2.89. The number of carbonyl (C=O) groups is 1. The van der Waals surface area contributed by atoms with Gasteiger partial charge in [-0.05, 0) is 12.0 Å². The van der Waals surface area contributed by atoms with Crippen LogP contribution in [0, 0.1) is 0 Å². The van der Waals surface area contributed by atoms with E-state index in [9.17, 15) is 4.79 Å². The van der Waals surface area contributed by atoms with E-state index in [0.717, 1.165) is 5.56 Å². The number of esters is 1. The zero-order valence-corrected chi connectivity index (χ0v) is 10.5. The number of carbonyl (C=O) groups excluding carboxylic acids is 1. The summed E-state index contributed by atoms with van der Waals surface area (Å²) in [5.41, 5.74) is 0.983. The Morgan fingerprint density at radius 2 is 2.07 bits per heavy atom. The first-order valence-electron chi connectivity index (χ1n) is 4.64. The molecule has 82 valence electrons. The fourth-order valence-corrected chi connectivity index (χ4v) is 1.88. The molecule has 0 saturated carbocycles. The minimum Gasteiger partial charge on any atom is -0.460 e. The van der Waals surface area contributed by atoms with E-state index >= 15 is 0 Å². The van der Waals surface area contributed by atoms with E-state index in [-0.39, 0.29) is 10.8 Å². The lowest BCUT2D eigenvalue weighted by Crippen LogP contribution is -2.17. The number of rotatable bonds is 5. The van der Waals surface area contributed by atoms with E-state index in [2.05, 4.69) is 15.9 Å². The van der Waals surface area contributed by atoms with Crippen molar-refractivity contribution in [3.8, 4) is 0 Å². The molecule has 0 aliphatic rings. The van der Waals surface area contributed by atoms with Gasteiger partial charge in [-0.15, -0.1) is 11.6 Å². The summed E-state index contributed by atoms with van der Waals surface area (Å²) in [5.74, 6) is 0.176. The highest BCUT2D eigenvalue weighted by Crippen LogP contribution is 2.10. The van der Waals surface area contributed by atoms with Crippen molar-refractivity contribution in [2.24, 2.45) is 0 Å². The lowest BCUT2D eigenvalue weighted by atomic mass is 10.2. The maximum Gasteiger partial charge on any atom is 0.320 e. The zero-order valence-electron chi connectivity index (χ0n) is 8.16. The molecule has 0 N–H and O–H groups in total. The van der Waals surface area contributed by atoms with Crippen molar-refractivity contribution in [1.29, 1.82) is 0 Å². The molecule has 0 aromatic heterocycles. The van der Waals surface area contributed by atoms with Crippen LogP contribution in [0.25, 0.3) is 0 Å². The van der Waals surface area contributed by atoms with Gasteiger partial charge in [0, 0.05) is 5.88 Å². The highest BCUT2D eigenvalue weighted by Gasteiger charge is 2.15. The molecular formula is C11H12BrClO2. The summed E-state index contributed by atoms with van der Waals surface area (Å²) in [4.78, 5) is 11.1. The highest BCUT2D eigenvalue weighted by molar-refractivity contribution is 9.10. The molecule has 0 saturated heterocycles. The SMILES string of the molecule is O=C(OCc1ccccc1)C(Br)CCCl. The average Bonchev–Trinajstić information content (AvgIpc) is 2.27. The first kappa shape index (κ1) is 12.5. The molecule has 15 heavy (non-hydrogen) atoms. The molecule has 1 unspecified atom stereocenters. The quantitative estimate of drug-likeness (QED) is 0.615. The summed E-state index contributed by atoms with van der Waals surface area (Å²) in [7, 11) is 0. The van der Waals surface area contributed by atoms with Crippen LogP contribution in [-0.2, 0) is 16.1 Å². The maximum atomic E-state index is 11.4. The molecule has 0 bridgehead atoms. The van der Waals surface area contributed by atoms with Crippen LogP contribution in [0.4, 0.5) is 0 Å². The Morgan fingerprint density at radius 3 is 2.67 bits per heavy atom. The third kappa shape index (κ3) is 4.67. The van der Waals surface area contributed by atoms with Gasteiger partial charge in [-0.2, -0.15) is 0 Å². The molecule has 1 aromatic rings. The monoisotopic (exact) mass is 290 g/mol. The second kappa shape index (κ2) is 6.85. The van der Waals surface area contributed by atoms with Crippen LogP contribution in [-0.4, -0.2) is 16.7 Å². The Kier molecular flexibility index (Phi) is 5.73. The van der Waals surface area contributed by atoms with E-state index in [1.54, 1.807) is 0 Å². The number of benzene rings is 1. The number of hydrogen-bond acceptors (Lipinski definition) is 2. The molecule has 2 nitrogen and oxygen atoms in total. The normalized spacial score (nSPS) is 12.1. The van der Waals surface area contributed by atoms with Gasteiger partial charge in [0.15, 0.2) is 0 Å². The van der Waals surface area contributed by atoms with Crippen molar-refractivity contribution in [1.82, 2.24) is 0 Å². The van der Waals surface area contributed by atoms with Crippen molar-refractivity contribution in [2.45, 2.75) is 17.9 Å². The van der Waals surface area contributed by atoms with Crippen molar-refractivity contribution < 1.29 is 9.53 Å². The second-order valence-corrected chi connectivity index (χ2v) is 4.52. The predicted octanol–water partition coefficient (Wildman–Crippen LogP) is 3.12. The molecular weight excluding hydrogens is 279 g/mol. The minimum absolute atomic E-state index is 0.264. The predicted molar refractivity (Wildman–Crippen MR) is 64.3 cm³/mol. The van der Waals surface area contributed by atoms with Gasteiger partial charge in [-0.1, -0.05) is 46.3 Å². The van der Waals surface area contributed by atoms with Crippen molar-refractivity contribution >= 4 is 33.5 Å². The van der Waals surface area contributed by atoms with Gasteiger partial charge in [0.1, 0.15) is 11.4 Å². The topological polar surface area (TPSA) is 26.3 Å². The van der Waals surface area contributed by atoms with E-state index < -0.39 is 0 Å². The molecule has 1 aromatic carbocycles. The van der Waals surface area contributed by atoms with Crippen LogP contribution in [0.15, 0.2) is 30.3 Å². The first-order chi connectivity index (χ1) is 7.24. The van der Waals surface area contributed by atoms with E-state index in [1.165, 1.54) is 0 Å². The van der Waals surface area contributed by atoms with E-state index in [1.807, 2.05) is 30.3 Å².